The van der Waals surface area contributed by atoms with Gasteiger partial charge in [-0.15, -0.1) is 11.8 Å². The molecule has 0 spiro atoms. The topological polar surface area (TPSA) is 62.3 Å². The second-order valence-corrected chi connectivity index (χ2v) is 6.17. The molecular formula is C16H14FN3O2S. The molecule has 1 aromatic carbocycles. The first-order chi connectivity index (χ1) is 11.1. The van der Waals surface area contributed by atoms with Crippen LogP contribution in [0.5, 0.6) is 0 Å². The van der Waals surface area contributed by atoms with E-state index in [1.165, 1.54) is 35.2 Å². The van der Waals surface area contributed by atoms with Gasteiger partial charge in [0, 0.05) is 24.4 Å². The number of rotatable bonds is 4. The Labute approximate surface area is 136 Å². The lowest BCUT2D eigenvalue weighted by molar-refractivity contribution is -0.130. The number of thioether (sulfide) groups is 1. The molecule has 1 atom stereocenters. The van der Waals surface area contributed by atoms with E-state index in [1.54, 1.807) is 30.3 Å². The number of amides is 2. The number of carbonyl (C=O) groups is 2. The number of hydrazine groups is 1. The van der Waals surface area contributed by atoms with Crippen molar-refractivity contribution in [1.29, 1.82) is 0 Å². The van der Waals surface area contributed by atoms with Gasteiger partial charge < -0.3 is 0 Å². The third kappa shape index (κ3) is 3.50. The first kappa shape index (κ1) is 15.5. The van der Waals surface area contributed by atoms with E-state index >= 15 is 0 Å². The highest BCUT2D eigenvalue weighted by Gasteiger charge is 2.33. The van der Waals surface area contributed by atoms with Crippen molar-refractivity contribution >= 4 is 23.6 Å². The van der Waals surface area contributed by atoms with Gasteiger partial charge in [-0.3, -0.25) is 20.0 Å². The lowest BCUT2D eigenvalue weighted by Crippen LogP contribution is -2.48. The van der Waals surface area contributed by atoms with Gasteiger partial charge in [-0.1, -0.05) is 18.2 Å². The number of halogens is 1. The van der Waals surface area contributed by atoms with Crippen LogP contribution in [0.15, 0.2) is 48.8 Å². The Hall–Kier alpha value is -2.41. The number of aromatic nitrogens is 1. The van der Waals surface area contributed by atoms with Crippen LogP contribution in [-0.2, 0) is 11.2 Å². The highest BCUT2D eigenvalue weighted by atomic mass is 32.2. The molecule has 1 fully saturated rings. The summed E-state index contributed by atoms with van der Waals surface area (Å²) >= 11 is 1.38. The van der Waals surface area contributed by atoms with E-state index in [1.807, 2.05) is 0 Å². The fraction of sp³-hybridized carbons (Fsp3) is 0.188. The summed E-state index contributed by atoms with van der Waals surface area (Å²) in [5.74, 6) is -0.635. The maximum Gasteiger partial charge on any atom is 0.270 e. The predicted molar refractivity (Wildman–Crippen MR) is 84.9 cm³/mol. The van der Waals surface area contributed by atoms with Crippen molar-refractivity contribution in [2.75, 3.05) is 5.75 Å². The van der Waals surface area contributed by atoms with Gasteiger partial charge in [0.15, 0.2) is 0 Å². The van der Waals surface area contributed by atoms with Crippen LogP contribution in [0.25, 0.3) is 0 Å². The normalized spacial score (nSPS) is 17.3. The Balaban J connectivity index is 1.73. The molecular weight excluding hydrogens is 317 g/mol. The summed E-state index contributed by atoms with van der Waals surface area (Å²) in [6.07, 6.45) is 3.35. The highest BCUT2D eigenvalue weighted by Crippen LogP contribution is 2.27. The van der Waals surface area contributed by atoms with Gasteiger partial charge >= 0.3 is 0 Å². The number of hydrogen-bond donors (Lipinski definition) is 1. The van der Waals surface area contributed by atoms with Gasteiger partial charge in [-0.05, 0) is 23.8 Å². The average molecular weight is 331 g/mol. The Morgan fingerprint density at radius 2 is 2.04 bits per heavy atom. The van der Waals surface area contributed by atoms with E-state index in [2.05, 4.69) is 10.4 Å². The summed E-state index contributed by atoms with van der Waals surface area (Å²) in [5.41, 5.74) is 3.54. The van der Waals surface area contributed by atoms with Crippen LogP contribution in [0.3, 0.4) is 0 Å². The standard InChI is InChI=1S/C16H14FN3O2S/c17-13-4-2-1-3-12(13)9-15-20(14(21)10-23-15)19-16(22)11-5-7-18-8-6-11/h1-8,15H,9-10H2,(H,19,22). The van der Waals surface area contributed by atoms with Crippen molar-refractivity contribution < 1.29 is 14.0 Å². The third-order valence-electron chi connectivity index (χ3n) is 3.47. The van der Waals surface area contributed by atoms with Crippen molar-refractivity contribution in [1.82, 2.24) is 15.4 Å². The molecule has 0 aliphatic carbocycles. The molecule has 2 aromatic rings. The zero-order valence-corrected chi connectivity index (χ0v) is 12.9. The molecule has 1 N–H and O–H groups in total. The zero-order chi connectivity index (χ0) is 16.2. The molecule has 118 valence electrons. The molecule has 1 saturated heterocycles. The molecule has 1 aliphatic rings. The van der Waals surface area contributed by atoms with E-state index in [-0.39, 0.29) is 28.8 Å². The van der Waals surface area contributed by atoms with E-state index in [9.17, 15) is 14.0 Å². The van der Waals surface area contributed by atoms with E-state index in [0.29, 0.717) is 17.5 Å². The Kier molecular flexibility index (Phi) is 4.57. The van der Waals surface area contributed by atoms with Gasteiger partial charge in [0.1, 0.15) is 11.2 Å². The number of nitrogens with one attached hydrogen (secondary N) is 1. The molecule has 0 saturated carbocycles. The van der Waals surface area contributed by atoms with Crippen molar-refractivity contribution in [2.24, 2.45) is 0 Å². The Morgan fingerprint density at radius 1 is 1.30 bits per heavy atom. The van der Waals surface area contributed by atoms with E-state index in [4.69, 9.17) is 0 Å². The Bertz CT molecular complexity index is 726. The van der Waals surface area contributed by atoms with Gasteiger partial charge in [-0.25, -0.2) is 9.40 Å². The van der Waals surface area contributed by atoms with Crippen molar-refractivity contribution in [3.8, 4) is 0 Å². The van der Waals surface area contributed by atoms with Gasteiger partial charge in [0.2, 0.25) is 0 Å². The zero-order valence-electron chi connectivity index (χ0n) is 12.1. The molecule has 7 heteroatoms. The number of carbonyl (C=O) groups excluding carboxylic acids is 2. The maximum atomic E-state index is 13.8. The number of pyridine rings is 1. The fourth-order valence-corrected chi connectivity index (χ4v) is 3.38. The first-order valence-electron chi connectivity index (χ1n) is 7.03. The van der Waals surface area contributed by atoms with Crippen LogP contribution in [0.2, 0.25) is 0 Å². The molecule has 2 amide bonds. The lowest BCUT2D eigenvalue weighted by atomic mass is 10.1. The summed E-state index contributed by atoms with van der Waals surface area (Å²) in [6.45, 7) is 0. The third-order valence-corrected chi connectivity index (χ3v) is 4.65. The SMILES string of the molecule is O=C(NN1C(=O)CSC1Cc1ccccc1F)c1ccncc1. The molecule has 1 aliphatic heterocycles. The van der Waals surface area contributed by atoms with Crippen LogP contribution < -0.4 is 5.43 Å². The minimum Gasteiger partial charge on any atom is -0.272 e. The number of benzene rings is 1. The summed E-state index contributed by atoms with van der Waals surface area (Å²) in [7, 11) is 0. The lowest BCUT2D eigenvalue weighted by Gasteiger charge is -2.24. The van der Waals surface area contributed by atoms with Crippen LogP contribution in [0.4, 0.5) is 4.39 Å². The summed E-state index contributed by atoms with van der Waals surface area (Å²) in [4.78, 5) is 28.1. The average Bonchev–Trinajstić information content (AvgIpc) is 2.91. The van der Waals surface area contributed by atoms with E-state index in [0.717, 1.165) is 0 Å². The fourth-order valence-electron chi connectivity index (χ4n) is 2.29. The van der Waals surface area contributed by atoms with E-state index < -0.39 is 0 Å². The summed E-state index contributed by atoms with van der Waals surface area (Å²) < 4.78 is 13.8. The molecule has 1 aromatic heterocycles. The van der Waals surface area contributed by atoms with Crippen molar-refractivity contribution in [2.45, 2.75) is 11.8 Å². The van der Waals surface area contributed by atoms with Crippen LogP contribution in [0.1, 0.15) is 15.9 Å². The largest absolute Gasteiger partial charge is 0.272 e. The molecule has 5 nitrogen and oxygen atoms in total. The first-order valence-corrected chi connectivity index (χ1v) is 8.08. The molecule has 23 heavy (non-hydrogen) atoms. The van der Waals surface area contributed by atoms with Gasteiger partial charge in [0.25, 0.3) is 11.8 Å². The number of nitrogens with zero attached hydrogens (tertiary/aromatic N) is 2. The quantitative estimate of drug-likeness (QED) is 0.931. The van der Waals surface area contributed by atoms with Crippen LogP contribution in [0, 0.1) is 5.82 Å². The van der Waals surface area contributed by atoms with Gasteiger partial charge in [0.05, 0.1) is 5.75 Å². The highest BCUT2D eigenvalue weighted by molar-refractivity contribution is 8.00. The van der Waals surface area contributed by atoms with Gasteiger partial charge in [-0.2, -0.15) is 0 Å². The summed E-state index contributed by atoms with van der Waals surface area (Å²) in [6, 6.07) is 9.57. The Morgan fingerprint density at radius 3 is 2.78 bits per heavy atom. The second-order valence-electron chi connectivity index (χ2n) is 5.00. The predicted octanol–water partition coefficient (Wildman–Crippen LogP) is 2.01. The van der Waals surface area contributed by atoms with Crippen LogP contribution in [-0.4, -0.2) is 32.9 Å². The number of hydrogen-bond acceptors (Lipinski definition) is 4. The maximum absolute atomic E-state index is 13.8. The molecule has 0 radical (unpaired) electrons. The molecule has 3 rings (SSSR count). The minimum atomic E-state index is -0.387. The van der Waals surface area contributed by atoms with Crippen LogP contribution >= 0.6 is 11.8 Å². The smallest absolute Gasteiger partial charge is 0.270 e. The molecule has 1 unspecified atom stereocenters. The second kappa shape index (κ2) is 6.78. The summed E-state index contributed by atoms with van der Waals surface area (Å²) in [5, 5.41) is 0.963. The molecule has 2 heterocycles. The van der Waals surface area contributed by atoms with Crippen molar-refractivity contribution in [3.05, 3.63) is 65.7 Å². The minimum absolute atomic E-state index is 0.196. The molecule has 0 bridgehead atoms. The monoisotopic (exact) mass is 331 g/mol. The van der Waals surface area contributed by atoms with Crippen molar-refractivity contribution in [3.63, 3.8) is 0 Å².